The van der Waals surface area contributed by atoms with E-state index in [9.17, 15) is 13.2 Å². The molecule has 0 aliphatic rings. The standard InChI is InChI=1S/C17H18F3N7O2/c1-28-11-3-5-22-16(29-6-2-4-21)15(11)10-7-13(27-26-10)25-14-9-23-12(8-24-14)17(18,19)20/h3,5,7-9H,2,4,6,21H2,1H3,(H2,24,25,26,27). The number of hydrogen-bond acceptors (Lipinski definition) is 8. The molecule has 3 rings (SSSR count). The Bertz CT molecular complexity index is 945. The first kappa shape index (κ1) is 20.3. The Morgan fingerprint density at radius 2 is 2.00 bits per heavy atom. The zero-order chi connectivity index (χ0) is 20.9. The maximum absolute atomic E-state index is 12.6. The van der Waals surface area contributed by atoms with Gasteiger partial charge in [-0.2, -0.15) is 18.3 Å². The van der Waals surface area contributed by atoms with Crippen molar-refractivity contribution in [2.24, 2.45) is 5.73 Å². The van der Waals surface area contributed by atoms with Gasteiger partial charge in [-0.3, -0.25) is 5.10 Å². The molecule has 0 saturated carbocycles. The summed E-state index contributed by atoms with van der Waals surface area (Å²) in [6, 6.07) is 3.29. The number of methoxy groups -OCH3 is 1. The van der Waals surface area contributed by atoms with Gasteiger partial charge in [0.05, 0.1) is 31.8 Å². The van der Waals surface area contributed by atoms with Crippen molar-refractivity contribution in [3.63, 3.8) is 0 Å². The van der Waals surface area contributed by atoms with Gasteiger partial charge in [-0.1, -0.05) is 0 Å². The van der Waals surface area contributed by atoms with Gasteiger partial charge in [0.15, 0.2) is 11.5 Å². The second-order valence-electron chi connectivity index (χ2n) is 5.76. The lowest BCUT2D eigenvalue weighted by Gasteiger charge is -2.12. The van der Waals surface area contributed by atoms with Crippen molar-refractivity contribution in [3.8, 4) is 22.9 Å². The van der Waals surface area contributed by atoms with Crippen LogP contribution in [0.2, 0.25) is 0 Å². The van der Waals surface area contributed by atoms with Crippen LogP contribution in [-0.2, 0) is 6.18 Å². The first-order chi connectivity index (χ1) is 13.9. The van der Waals surface area contributed by atoms with E-state index in [2.05, 4.69) is 30.5 Å². The number of pyridine rings is 1. The summed E-state index contributed by atoms with van der Waals surface area (Å²) in [5, 5.41) is 9.69. The largest absolute Gasteiger partial charge is 0.496 e. The molecule has 0 aromatic carbocycles. The summed E-state index contributed by atoms with van der Waals surface area (Å²) >= 11 is 0. The highest BCUT2D eigenvalue weighted by molar-refractivity contribution is 5.74. The number of anilines is 2. The lowest BCUT2D eigenvalue weighted by molar-refractivity contribution is -0.141. The number of ether oxygens (including phenoxy) is 2. The Kier molecular flexibility index (Phi) is 6.12. The molecule has 0 bridgehead atoms. The molecule has 0 radical (unpaired) electrons. The minimum atomic E-state index is -4.55. The molecule has 3 heterocycles. The van der Waals surface area contributed by atoms with E-state index in [1.165, 1.54) is 7.11 Å². The molecule has 0 unspecified atom stereocenters. The van der Waals surface area contributed by atoms with Crippen LogP contribution in [0.15, 0.2) is 30.7 Å². The Balaban J connectivity index is 1.82. The summed E-state index contributed by atoms with van der Waals surface area (Å²) in [5.41, 5.74) is 5.48. The maximum atomic E-state index is 12.6. The van der Waals surface area contributed by atoms with Crippen molar-refractivity contribution in [2.45, 2.75) is 12.6 Å². The second kappa shape index (κ2) is 8.73. The first-order valence-electron chi connectivity index (χ1n) is 8.50. The Labute approximate surface area is 163 Å². The predicted octanol–water partition coefficient (Wildman–Crippen LogP) is 2.76. The molecule has 0 aliphatic carbocycles. The number of halogens is 3. The number of aromatic nitrogens is 5. The van der Waals surface area contributed by atoms with E-state index >= 15 is 0 Å². The Morgan fingerprint density at radius 3 is 2.66 bits per heavy atom. The third kappa shape index (κ3) is 4.90. The lowest BCUT2D eigenvalue weighted by atomic mass is 10.2. The van der Waals surface area contributed by atoms with Crippen molar-refractivity contribution in [2.75, 3.05) is 25.6 Å². The van der Waals surface area contributed by atoms with Crippen LogP contribution in [0.4, 0.5) is 24.8 Å². The van der Waals surface area contributed by atoms with E-state index in [0.29, 0.717) is 54.5 Å². The summed E-state index contributed by atoms with van der Waals surface area (Å²) in [6.07, 6.45) is -0.733. The van der Waals surface area contributed by atoms with Gasteiger partial charge in [-0.05, 0) is 19.0 Å². The second-order valence-corrected chi connectivity index (χ2v) is 5.76. The van der Waals surface area contributed by atoms with Crippen LogP contribution in [0.3, 0.4) is 0 Å². The molecule has 29 heavy (non-hydrogen) atoms. The van der Waals surface area contributed by atoms with Crippen LogP contribution in [0.1, 0.15) is 12.1 Å². The number of H-pyrrole nitrogens is 1. The molecular formula is C17H18F3N7O2. The fraction of sp³-hybridized carbons (Fsp3) is 0.294. The van der Waals surface area contributed by atoms with Gasteiger partial charge < -0.3 is 20.5 Å². The molecule has 3 aromatic rings. The monoisotopic (exact) mass is 409 g/mol. The molecule has 3 aromatic heterocycles. The molecule has 0 saturated heterocycles. The van der Waals surface area contributed by atoms with Gasteiger partial charge in [-0.15, -0.1) is 0 Å². The maximum Gasteiger partial charge on any atom is 0.434 e. The number of hydrogen-bond donors (Lipinski definition) is 3. The lowest BCUT2D eigenvalue weighted by Crippen LogP contribution is -2.08. The van der Waals surface area contributed by atoms with Crippen LogP contribution in [-0.4, -0.2) is 45.4 Å². The molecule has 0 fully saturated rings. The van der Waals surface area contributed by atoms with Gasteiger partial charge >= 0.3 is 6.18 Å². The zero-order valence-electron chi connectivity index (χ0n) is 15.3. The van der Waals surface area contributed by atoms with E-state index in [1.54, 1.807) is 18.3 Å². The van der Waals surface area contributed by atoms with Gasteiger partial charge in [-0.25, -0.2) is 15.0 Å². The van der Waals surface area contributed by atoms with Crippen molar-refractivity contribution < 1.29 is 22.6 Å². The number of nitrogens with one attached hydrogen (secondary N) is 2. The SMILES string of the molecule is COc1ccnc(OCCCN)c1-c1cc(Nc2cnc(C(F)(F)F)cn2)n[nH]1. The van der Waals surface area contributed by atoms with Crippen LogP contribution < -0.4 is 20.5 Å². The van der Waals surface area contributed by atoms with Crippen LogP contribution in [0.25, 0.3) is 11.3 Å². The average molecular weight is 409 g/mol. The molecule has 0 amide bonds. The van der Waals surface area contributed by atoms with Crippen molar-refractivity contribution in [3.05, 3.63) is 36.4 Å². The fourth-order valence-electron chi connectivity index (χ4n) is 2.39. The molecular weight excluding hydrogens is 391 g/mol. The van der Waals surface area contributed by atoms with Gasteiger partial charge in [0.1, 0.15) is 17.1 Å². The summed E-state index contributed by atoms with van der Waals surface area (Å²) in [7, 11) is 1.51. The van der Waals surface area contributed by atoms with E-state index in [0.717, 1.165) is 6.20 Å². The summed E-state index contributed by atoms with van der Waals surface area (Å²) < 4.78 is 48.8. The van der Waals surface area contributed by atoms with Crippen LogP contribution >= 0.6 is 0 Å². The van der Waals surface area contributed by atoms with Gasteiger partial charge in [0.2, 0.25) is 5.88 Å². The highest BCUT2D eigenvalue weighted by atomic mass is 19.4. The Hall–Kier alpha value is -3.41. The van der Waals surface area contributed by atoms with Crippen molar-refractivity contribution in [1.82, 2.24) is 25.1 Å². The summed E-state index contributed by atoms with van der Waals surface area (Å²) in [6.45, 7) is 0.857. The van der Waals surface area contributed by atoms with Crippen molar-refractivity contribution in [1.29, 1.82) is 0 Å². The molecule has 12 heteroatoms. The third-order valence-electron chi connectivity index (χ3n) is 3.73. The topological polar surface area (TPSA) is 124 Å². The van der Waals surface area contributed by atoms with E-state index < -0.39 is 11.9 Å². The minimum absolute atomic E-state index is 0.105. The van der Waals surface area contributed by atoms with Crippen LogP contribution in [0.5, 0.6) is 11.6 Å². The van der Waals surface area contributed by atoms with E-state index in [4.69, 9.17) is 15.2 Å². The molecule has 4 N–H and O–H groups in total. The summed E-state index contributed by atoms with van der Waals surface area (Å²) in [4.78, 5) is 11.3. The summed E-state index contributed by atoms with van der Waals surface area (Å²) in [5.74, 6) is 1.26. The molecule has 9 nitrogen and oxygen atoms in total. The fourth-order valence-corrected chi connectivity index (χ4v) is 2.39. The van der Waals surface area contributed by atoms with Crippen molar-refractivity contribution >= 4 is 11.6 Å². The number of aromatic amines is 1. The van der Waals surface area contributed by atoms with Gasteiger partial charge in [0.25, 0.3) is 0 Å². The normalized spacial score (nSPS) is 11.3. The van der Waals surface area contributed by atoms with Crippen LogP contribution in [0, 0.1) is 0 Å². The molecule has 0 spiro atoms. The number of nitrogens with two attached hydrogens (primary N) is 1. The Morgan fingerprint density at radius 1 is 1.17 bits per heavy atom. The minimum Gasteiger partial charge on any atom is -0.496 e. The van der Waals surface area contributed by atoms with E-state index in [-0.39, 0.29) is 5.82 Å². The number of nitrogens with zero attached hydrogens (tertiary/aromatic N) is 4. The average Bonchev–Trinajstić information content (AvgIpc) is 3.15. The highest BCUT2D eigenvalue weighted by Crippen LogP contribution is 2.36. The number of rotatable bonds is 8. The predicted molar refractivity (Wildman–Crippen MR) is 97.9 cm³/mol. The molecule has 0 atom stereocenters. The van der Waals surface area contributed by atoms with E-state index in [1.807, 2.05) is 0 Å². The highest BCUT2D eigenvalue weighted by Gasteiger charge is 2.32. The molecule has 0 aliphatic heterocycles. The van der Waals surface area contributed by atoms with Gasteiger partial charge in [0, 0.05) is 12.3 Å². The quantitative estimate of drug-likeness (QED) is 0.485. The third-order valence-corrected chi connectivity index (χ3v) is 3.73. The zero-order valence-corrected chi connectivity index (χ0v) is 15.3. The molecule has 154 valence electrons. The smallest absolute Gasteiger partial charge is 0.434 e. The first-order valence-corrected chi connectivity index (χ1v) is 8.50. The number of alkyl halides is 3.